The van der Waals surface area contributed by atoms with Crippen LogP contribution in [0.4, 0.5) is 5.69 Å². The molecule has 0 radical (unpaired) electrons. The van der Waals surface area contributed by atoms with Crippen LogP contribution in [-0.2, 0) is 10.8 Å². The van der Waals surface area contributed by atoms with E-state index in [2.05, 4.69) is 0 Å². The average molecular weight is 373 g/mol. The van der Waals surface area contributed by atoms with Crippen molar-refractivity contribution in [2.75, 3.05) is 4.90 Å². The van der Waals surface area contributed by atoms with Crippen LogP contribution in [0.25, 0.3) is 0 Å². The number of anilines is 1. The first kappa shape index (κ1) is 17.1. The van der Waals surface area contributed by atoms with Crippen LogP contribution in [0.1, 0.15) is 0 Å². The van der Waals surface area contributed by atoms with E-state index in [9.17, 15) is 4.21 Å². The molecule has 2 aromatic carbocycles. The lowest BCUT2D eigenvalue weighted by Crippen LogP contribution is -2.21. The molecule has 1 heterocycles. The Morgan fingerprint density at radius 2 is 1.74 bits per heavy atom. The van der Waals surface area contributed by atoms with Crippen LogP contribution < -0.4 is 9.64 Å². The highest BCUT2D eigenvalue weighted by molar-refractivity contribution is 8.04. The van der Waals surface area contributed by atoms with E-state index in [0.29, 0.717) is 10.7 Å². The summed E-state index contributed by atoms with van der Waals surface area (Å²) < 4.78 is 18.3. The van der Waals surface area contributed by atoms with Crippen molar-refractivity contribution in [1.29, 1.82) is 5.41 Å². The third-order valence-corrected chi connectivity index (χ3v) is 5.27. The molecule has 0 amide bonds. The lowest BCUT2D eigenvalue weighted by atomic mass is 10.1. The fourth-order valence-electron chi connectivity index (χ4n) is 2.73. The first-order chi connectivity index (χ1) is 13.2. The third-order valence-electron chi connectivity index (χ3n) is 4.07. The van der Waals surface area contributed by atoms with Crippen molar-refractivity contribution in [3.8, 4) is 11.5 Å². The van der Waals surface area contributed by atoms with Crippen LogP contribution in [0.15, 0.2) is 102 Å². The van der Waals surface area contributed by atoms with E-state index < -0.39 is 10.8 Å². The minimum Gasteiger partial charge on any atom is -0.457 e. The average Bonchev–Trinajstić information content (AvgIpc) is 2.99. The Labute approximate surface area is 160 Å². The highest BCUT2D eigenvalue weighted by Crippen LogP contribution is 2.29. The maximum atomic E-state index is 12.5. The van der Waals surface area contributed by atoms with Crippen molar-refractivity contribution in [1.82, 2.24) is 0 Å². The Morgan fingerprint density at radius 3 is 2.44 bits per heavy atom. The van der Waals surface area contributed by atoms with Crippen molar-refractivity contribution in [2.24, 2.45) is 0 Å². The number of hydrogen-bond acceptors (Lipinski definition) is 3. The van der Waals surface area contributed by atoms with Gasteiger partial charge in [0.1, 0.15) is 22.3 Å². The summed E-state index contributed by atoms with van der Waals surface area (Å²) in [5.74, 6) is 1.47. The van der Waals surface area contributed by atoms with Gasteiger partial charge in [0, 0.05) is 16.8 Å². The molecule has 1 N–H and O–H groups in total. The molecule has 27 heavy (non-hydrogen) atoms. The van der Waals surface area contributed by atoms with E-state index in [4.69, 9.17) is 10.1 Å². The lowest BCUT2D eigenvalue weighted by molar-refractivity contribution is 0.483. The zero-order valence-corrected chi connectivity index (χ0v) is 15.2. The number of nitrogens with zero attached hydrogens (tertiary/aromatic N) is 1. The Hall–Kier alpha value is -3.31. The lowest BCUT2D eigenvalue weighted by Gasteiger charge is -2.15. The summed E-state index contributed by atoms with van der Waals surface area (Å²) in [5, 5.41) is 8.25. The summed E-state index contributed by atoms with van der Waals surface area (Å²) in [4.78, 5) is 2.24. The predicted octanol–water partition coefficient (Wildman–Crippen LogP) is 5.08. The summed E-state index contributed by atoms with van der Waals surface area (Å²) in [7, 11) is -1.49. The quantitative estimate of drug-likeness (QED) is 0.761. The number of ether oxygens (including phenoxy) is 1. The topological polar surface area (TPSA) is 53.4 Å². The van der Waals surface area contributed by atoms with Crippen LogP contribution >= 0.6 is 0 Å². The first-order valence-electron chi connectivity index (χ1n) is 8.45. The van der Waals surface area contributed by atoms with Crippen molar-refractivity contribution < 1.29 is 8.95 Å². The van der Waals surface area contributed by atoms with Gasteiger partial charge in [0.15, 0.2) is 5.17 Å². The van der Waals surface area contributed by atoms with Gasteiger partial charge < -0.3 is 4.74 Å². The maximum Gasteiger partial charge on any atom is 0.200 e. The molecule has 1 aliphatic heterocycles. The summed E-state index contributed by atoms with van der Waals surface area (Å²) in [5.41, 5.74) is 1.73. The maximum absolute atomic E-state index is 12.5. The number of rotatable bonds is 4. The van der Waals surface area contributed by atoms with Gasteiger partial charge in [-0.25, -0.2) is 4.21 Å². The second-order valence-electron chi connectivity index (χ2n) is 5.94. The Bertz CT molecular complexity index is 1000. The Kier molecular flexibility index (Phi) is 4.77. The van der Waals surface area contributed by atoms with Gasteiger partial charge in [-0.15, -0.1) is 42.4 Å². The molecule has 0 fully saturated rings. The molecule has 0 saturated heterocycles. The zero-order chi connectivity index (χ0) is 18.6. The summed E-state index contributed by atoms with van der Waals surface area (Å²) >= 11 is 0. The van der Waals surface area contributed by atoms with Crippen LogP contribution in [0, 0.1) is 11.8 Å². The number of hydrogen-bond donors (Lipinski definition) is 1. The summed E-state index contributed by atoms with van der Waals surface area (Å²) in [6, 6.07) is 16.9. The molecule has 1 aliphatic carbocycles. The van der Waals surface area contributed by atoms with Crippen LogP contribution in [0.2, 0.25) is 0 Å². The number of nitrogens with one attached hydrogen (secondary N) is 1. The van der Waals surface area contributed by atoms with Crippen molar-refractivity contribution in [3.63, 3.8) is 0 Å². The molecule has 1 unspecified atom stereocenters. The molecule has 0 saturated carbocycles. The van der Waals surface area contributed by atoms with E-state index in [1.54, 1.807) is 11.1 Å². The number of allylic oxidation sites excluding steroid dienone is 6. The predicted molar refractivity (Wildman–Crippen MR) is 110 cm³/mol. The van der Waals surface area contributed by atoms with E-state index in [0.717, 1.165) is 17.0 Å². The third kappa shape index (κ3) is 3.78. The first-order valence-corrected chi connectivity index (χ1v) is 9.60. The molecule has 2 aliphatic rings. The minimum absolute atomic E-state index is 0.0499. The monoisotopic (exact) mass is 373 g/mol. The van der Waals surface area contributed by atoms with Gasteiger partial charge in [-0.1, -0.05) is 18.2 Å². The summed E-state index contributed by atoms with van der Waals surface area (Å²) in [6.07, 6.45) is 13.3. The fourth-order valence-corrected chi connectivity index (χ4v) is 3.73. The van der Waals surface area contributed by atoms with Gasteiger partial charge in [-0.2, -0.15) is 0 Å². The van der Waals surface area contributed by atoms with Crippen molar-refractivity contribution >= 4 is 21.7 Å². The molecule has 2 aromatic rings. The van der Waals surface area contributed by atoms with Gasteiger partial charge >= 0.3 is 0 Å². The van der Waals surface area contributed by atoms with Crippen LogP contribution in [-0.4, -0.2) is 9.38 Å². The number of para-hydroxylation sites is 1. The molecule has 134 valence electrons. The van der Waals surface area contributed by atoms with Gasteiger partial charge in [-0.05, 0) is 36.4 Å². The molecule has 0 bridgehead atoms. The van der Waals surface area contributed by atoms with E-state index in [1.807, 2.05) is 91.4 Å². The minimum atomic E-state index is -1.49. The number of amidine groups is 1. The van der Waals surface area contributed by atoms with E-state index in [1.165, 1.54) is 0 Å². The van der Waals surface area contributed by atoms with E-state index >= 15 is 0 Å². The fraction of sp³-hybridized carbons (Fsp3) is 0. The SMILES string of the molecule is N=C1N(c2ccc(Oc3ccccc3)cc2)C=C(C=C2C=CC=C[CH-]2)S1=O. The Balaban J connectivity index is 1.54. The summed E-state index contributed by atoms with van der Waals surface area (Å²) in [6.45, 7) is 0. The highest BCUT2D eigenvalue weighted by atomic mass is 32.2. The molecule has 0 spiro atoms. The van der Waals surface area contributed by atoms with Gasteiger partial charge in [0.05, 0.1) is 0 Å². The standard InChI is InChI=1S/C22H17N2O2S/c23-22-24(16-21(27(22)25)15-17-7-3-1-4-8-17)18-11-13-20(14-12-18)26-19-9-5-2-6-10-19/h1-16,23H/q-1. The highest BCUT2D eigenvalue weighted by Gasteiger charge is 2.25. The smallest absolute Gasteiger partial charge is 0.200 e. The van der Waals surface area contributed by atoms with Gasteiger partial charge in [-0.3, -0.25) is 10.3 Å². The number of benzene rings is 2. The van der Waals surface area contributed by atoms with Crippen molar-refractivity contribution in [2.45, 2.75) is 0 Å². The molecule has 0 aromatic heterocycles. The second kappa shape index (κ2) is 7.51. The molecular weight excluding hydrogens is 356 g/mol. The largest absolute Gasteiger partial charge is 0.457 e. The molecule has 4 rings (SSSR count). The zero-order valence-electron chi connectivity index (χ0n) is 14.4. The van der Waals surface area contributed by atoms with Crippen molar-refractivity contribution in [3.05, 3.63) is 108 Å². The normalized spacial score (nSPS) is 19.9. The molecule has 1 atom stereocenters. The van der Waals surface area contributed by atoms with Gasteiger partial charge in [0.25, 0.3) is 0 Å². The molecular formula is C22H17N2O2S-. The molecule has 5 heteroatoms. The van der Waals surface area contributed by atoms with Crippen LogP contribution in [0.3, 0.4) is 0 Å². The van der Waals surface area contributed by atoms with E-state index in [-0.39, 0.29) is 5.17 Å². The van der Waals surface area contributed by atoms with Gasteiger partial charge in [0.2, 0.25) is 0 Å². The Morgan fingerprint density at radius 1 is 1.00 bits per heavy atom. The molecule has 4 nitrogen and oxygen atoms in total. The van der Waals surface area contributed by atoms with Crippen LogP contribution in [0.5, 0.6) is 11.5 Å². The second-order valence-corrected chi connectivity index (χ2v) is 7.33.